The predicted molar refractivity (Wildman–Crippen MR) is 29.7 cm³/mol. The minimum Gasteiger partial charge on any atom is -0.342 e. The van der Waals surface area contributed by atoms with E-state index in [0.717, 1.165) is 6.29 Å². The summed E-state index contributed by atoms with van der Waals surface area (Å²) >= 11 is 0. The van der Waals surface area contributed by atoms with E-state index in [4.69, 9.17) is 4.74 Å². The molecule has 0 aromatic heterocycles. The molecule has 1 heterocycles. The van der Waals surface area contributed by atoms with E-state index in [9.17, 15) is 9.70 Å². The second kappa shape index (κ2) is 2.23. The van der Waals surface area contributed by atoms with E-state index in [1.165, 1.54) is 0 Å². The van der Waals surface area contributed by atoms with Crippen LogP contribution in [-0.2, 0) is 9.53 Å². The molecule has 1 saturated heterocycles. The molecule has 0 aromatic carbocycles. The minimum atomic E-state index is -0.565. The molecule has 3 atom stereocenters. The van der Waals surface area contributed by atoms with Crippen LogP contribution in [0.1, 0.15) is 6.92 Å². The Balaban J connectivity index is 2.32. The zero-order chi connectivity index (χ0) is 6.85. The van der Waals surface area contributed by atoms with Gasteiger partial charge in [0.25, 0.3) is 0 Å². The van der Waals surface area contributed by atoms with Crippen molar-refractivity contribution in [2.24, 2.45) is 11.1 Å². The Hall–Kier alpha value is -0.770. The van der Waals surface area contributed by atoms with E-state index in [0.29, 0.717) is 0 Å². The zero-order valence-electron chi connectivity index (χ0n) is 4.98. The summed E-state index contributed by atoms with van der Waals surface area (Å²) in [4.78, 5) is 19.7. The monoisotopic (exact) mass is 129 g/mol. The lowest BCUT2D eigenvalue weighted by molar-refractivity contribution is -0.111. The number of hydrogen-bond acceptors (Lipinski definition) is 4. The van der Waals surface area contributed by atoms with Gasteiger partial charge in [-0.2, -0.15) is 0 Å². The quantitative estimate of drug-likeness (QED) is 0.313. The number of rotatable bonds is 3. The first-order chi connectivity index (χ1) is 4.29. The van der Waals surface area contributed by atoms with E-state index in [-0.39, 0.29) is 12.0 Å². The third-order valence-electron chi connectivity index (χ3n) is 1.34. The van der Waals surface area contributed by atoms with Crippen LogP contribution in [0.25, 0.3) is 0 Å². The molecule has 0 aliphatic carbocycles. The first-order valence-electron chi connectivity index (χ1n) is 2.73. The van der Waals surface area contributed by atoms with Gasteiger partial charge in [0.2, 0.25) is 6.23 Å². The topological polar surface area (TPSA) is 59.0 Å². The fourth-order valence-electron chi connectivity index (χ4n) is 0.662. The van der Waals surface area contributed by atoms with Gasteiger partial charge in [-0.05, 0) is 5.18 Å². The molecule has 0 radical (unpaired) electrons. The van der Waals surface area contributed by atoms with Crippen molar-refractivity contribution in [1.82, 2.24) is 0 Å². The van der Waals surface area contributed by atoms with Crippen LogP contribution in [0, 0.1) is 10.8 Å². The Kier molecular flexibility index (Phi) is 1.57. The van der Waals surface area contributed by atoms with Crippen LogP contribution in [0.5, 0.6) is 0 Å². The summed E-state index contributed by atoms with van der Waals surface area (Å²) in [6.45, 7) is 1.70. The molecule has 0 amide bonds. The molecule has 3 unspecified atom stereocenters. The molecule has 9 heavy (non-hydrogen) atoms. The fourth-order valence-corrected chi connectivity index (χ4v) is 0.662. The molecule has 1 fully saturated rings. The van der Waals surface area contributed by atoms with Crippen LogP contribution in [-0.4, -0.2) is 18.6 Å². The lowest BCUT2D eigenvalue weighted by Crippen LogP contribution is -2.06. The van der Waals surface area contributed by atoms with Crippen molar-refractivity contribution >= 4 is 6.29 Å². The van der Waals surface area contributed by atoms with Gasteiger partial charge in [0.05, 0.1) is 0 Å². The number of nitroso groups, excluding NO2 is 1. The number of carbonyl (C=O) groups is 1. The Morgan fingerprint density at radius 2 is 2.44 bits per heavy atom. The number of hydrogen-bond donors (Lipinski definition) is 0. The van der Waals surface area contributed by atoms with Gasteiger partial charge < -0.3 is 9.53 Å². The molecule has 50 valence electrons. The van der Waals surface area contributed by atoms with Gasteiger partial charge in [-0.15, -0.1) is 4.91 Å². The van der Waals surface area contributed by atoms with Crippen molar-refractivity contribution in [3.8, 4) is 0 Å². The highest BCUT2D eigenvalue weighted by atomic mass is 16.6. The molecule has 0 N–H and O–H groups in total. The van der Waals surface area contributed by atoms with Crippen molar-refractivity contribution in [1.29, 1.82) is 0 Å². The molecular formula is C5H7NO3. The molecule has 0 aromatic rings. The van der Waals surface area contributed by atoms with Crippen LogP contribution in [0.4, 0.5) is 0 Å². The molecule has 0 bridgehead atoms. The van der Waals surface area contributed by atoms with Crippen LogP contribution in [0.3, 0.4) is 0 Å². The second-order valence-electron chi connectivity index (χ2n) is 2.09. The first kappa shape index (κ1) is 6.35. The number of ether oxygens (including phenoxy) is 1. The van der Waals surface area contributed by atoms with Gasteiger partial charge in [0, 0.05) is 5.92 Å². The summed E-state index contributed by atoms with van der Waals surface area (Å²) in [6, 6.07) is 0. The van der Waals surface area contributed by atoms with Crippen molar-refractivity contribution in [2.45, 2.75) is 19.3 Å². The smallest absolute Gasteiger partial charge is 0.217 e. The standard InChI is InChI=1S/C5H7NO3/c1-3(2-7)4-5(6-8)9-4/h2-5H,1H3. The van der Waals surface area contributed by atoms with Crippen molar-refractivity contribution < 1.29 is 9.53 Å². The maximum absolute atomic E-state index is 10.0. The third-order valence-corrected chi connectivity index (χ3v) is 1.34. The average Bonchev–Trinajstić information content (AvgIpc) is 2.64. The van der Waals surface area contributed by atoms with Crippen molar-refractivity contribution in [3.63, 3.8) is 0 Å². The highest BCUT2D eigenvalue weighted by Gasteiger charge is 2.44. The molecule has 1 aliphatic rings. The van der Waals surface area contributed by atoms with Crippen molar-refractivity contribution in [2.75, 3.05) is 0 Å². The van der Waals surface area contributed by atoms with Gasteiger partial charge in [0.1, 0.15) is 12.4 Å². The number of carbonyl (C=O) groups excluding carboxylic acids is 1. The van der Waals surface area contributed by atoms with Gasteiger partial charge in [0.15, 0.2) is 0 Å². The number of nitrogens with zero attached hydrogens (tertiary/aromatic N) is 1. The third kappa shape index (κ3) is 1.13. The minimum absolute atomic E-state index is 0.201. The maximum Gasteiger partial charge on any atom is 0.217 e. The molecule has 0 saturated carbocycles. The zero-order valence-corrected chi connectivity index (χ0v) is 4.98. The number of aldehydes is 1. The van der Waals surface area contributed by atoms with Gasteiger partial charge >= 0.3 is 0 Å². The highest BCUT2D eigenvalue weighted by molar-refractivity contribution is 5.54. The summed E-state index contributed by atoms with van der Waals surface area (Å²) in [6.07, 6.45) is -0.0549. The molecule has 0 spiro atoms. The SMILES string of the molecule is CC(C=O)C1OC1N=O. The maximum atomic E-state index is 10.0. The van der Waals surface area contributed by atoms with Gasteiger partial charge in [-0.3, -0.25) is 0 Å². The molecule has 1 rings (SSSR count). The Labute approximate surface area is 52.2 Å². The molecular weight excluding hydrogens is 122 g/mol. The summed E-state index contributed by atoms with van der Waals surface area (Å²) in [5, 5.41) is 2.62. The van der Waals surface area contributed by atoms with Crippen LogP contribution >= 0.6 is 0 Å². The lowest BCUT2D eigenvalue weighted by atomic mass is 10.1. The highest BCUT2D eigenvalue weighted by Crippen LogP contribution is 2.28. The lowest BCUT2D eigenvalue weighted by Gasteiger charge is -1.90. The van der Waals surface area contributed by atoms with Gasteiger partial charge in [-0.1, -0.05) is 6.92 Å². The van der Waals surface area contributed by atoms with Crippen LogP contribution in [0.2, 0.25) is 0 Å². The molecule has 4 nitrogen and oxygen atoms in total. The summed E-state index contributed by atoms with van der Waals surface area (Å²) in [7, 11) is 0. The van der Waals surface area contributed by atoms with E-state index in [1.54, 1.807) is 6.92 Å². The molecule has 4 heteroatoms. The first-order valence-corrected chi connectivity index (χ1v) is 2.73. The van der Waals surface area contributed by atoms with E-state index in [1.807, 2.05) is 0 Å². The number of epoxide rings is 1. The molecule has 1 aliphatic heterocycles. The van der Waals surface area contributed by atoms with E-state index < -0.39 is 6.23 Å². The summed E-state index contributed by atoms with van der Waals surface area (Å²) in [5.74, 6) is -0.201. The summed E-state index contributed by atoms with van der Waals surface area (Å²) < 4.78 is 4.71. The Bertz CT molecular complexity index is 136. The second-order valence-corrected chi connectivity index (χ2v) is 2.09. The van der Waals surface area contributed by atoms with Crippen LogP contribution in [0.15, 0.2) is 5.18 Å². The summed E-state index contributed by atoms with van der Waals surface area (Å²) in [5.41, 5.74) is 0. The van der Waals surface area contributed by atoms with Crippen LogP contribution < -0.4 is 0 Å². The average molecular weight is 129 g/mol. The van der Waals surface area contributed by atoms with E-state index in [2.05, 4.69) is 5.18 Å². The van der Waals surface area contributed by atoms with Gasteiger partial charge in [-0.25, -0.2) is 0 Å². The largest absolute Gasteiger partial charge is 0.342 e. The Morgan fingerprint density at radius 1 is 1.78 bits per heavy atom. The Morgan fingerprint density at radius 3 is 2.78 bits per heavy atom. The van der Waals surface area contributed by atoms with Crippen molar-refractivity contribution in [3.05, 3.63) is 4.91 Å². The predicted octanol–water partition coefficient (Wildman–Crippen LogP) is 0.313. The van der Waals surface area contributed by atoms with E-state index >= 15 is 0 Å². The normalized spacial score (nSPS) is 35.2. The fraction of sp³-hybridized carbons (Fsp3) is 0.800.